The molecule has 2 heterocycles. The molecular formula is C14H17N3O2. The molecule has 19 heavy (non-hydrogen) atoms. The fraction of sp³-hybridized carbons (Fsp3) is 0.429. The predicted molar refractivity (Wildman–Crippen MR) is 70.3 cm³/mol. The first kappa shape index (κ1) is 12.3. The van der Waals surface area contributed by atoms with Crippen molar-refractivity contribution in [3.05, 3.63) is 36.2 Å². The first-order valence-corrected chi connectivity index (χ1v) is 6.60. The molecule has 1 saturated heterocycles. The van der Waals surface area contributed by atoms with Crippen LogP contribution in [0.1, 0.15) is 18.7 Å². The van der Waals surface area contributed by atoms with Crippen molar-refractivity contribution in [1.82, 2.24) is 15.0 Å². The van der Waals surface area contributed by atoms with Crippen LogP contribution in [-0.4, -0.2) is 39.3 Å². The number of nitrogens with zero attached hydrogens (tertiary/aromatic N) is 3. The SMILES string of the molecule is OC[C@H]1CCCN1Cc1noc(-c2ccccc2)n1. The second-order valence-electron chi connectivity index (χ2n) is 4.83. The summed E-state index contributed by atoms with van der Waals surface area (Å²) >= 11 is 0. The third-order valence-corrected chi connectivity index (χ3v) is 3.54. The number of aliphatic hydroxyl groups is 1. The maximum absolute atomic E-state index is 9.29. The maximum Gasteiger partial charge on any atom is 0.257 e. The third-order valence-electron chi connectivity index (χ3n) is 3.54. The minimum Gasteiger partial charge on any atom is -0.395 e. The van der Waals surface area contributed by atoms with Gasteiger partial charge in [-0.1, -0.05) is 23.4 Å². The monoisotopic (exact) mass is 259 g/mol. The molecule has 0 radical (unpaired) electrons. The van der Waals surface area contributed by atoms with Crippen molar-refractivity contribution < 1.29 is 9.63 Å². The standard InChI is InChI=1S/C14H17N3O2/c18-10-12-7-4-8-17(12)9-13-15-14(19-16-13)11-5-2-1-3-6-11/h1-3,5-6,12,18H,4,7-10H2/t12-/m1/s1. The minimum absolute atomic E-state index is 0.198. The lowest BCUT2D eigenvalue weighted by atomic mass is 10.2. The molecule has 0 aliphatic carbocycles. The van der Waals surface area contributed by atoms with Crippen molar-refractivity contribution in [3.63, 3.8) is 0 Å². The van der Waals surface area contributed by atoms with Gasteiger partial charge < -0.3 is 9.63 Å². The number of hydrogen-bond donors (Lipinski definition) is 1. The summed E-state index contributed by atoms with van der Waals surface area (Å²) in [4.78, 5) is 6.62. The summed E-state index contributed by atoms with van der Waals surface area (Å²) in [5.74, 6) is 1.23. The number of aromatic nitrogens is 2. The topological polar surface area (TPSA) is 62.4 Å². The predicted octanol–water partition coefficient (Wildman–Crippen LogP) is 1.69. The number of likely N-dealkylation sites (tertiary alicyclic amines) is 1. The molecule has 0 spiro atoms. The Morgan fingerprint density at radius 1 is 1.32 bits per heavy atom. The van der Waals surface area contributed by atoms with E-state index < -0.39 is 0 Å². The summed E-state index contributed by atoms with van der Waals surface area (Å²) in [6.45, 7) is 1.82. The molecule has 0 amide bonds. The summed E-state index contributed by atoms with van der Waals surface area (Å²) in [6.07, 6.45) is 2.16. The van der Waals surface area contributed by atoms with Gasteiger partial charge in [0.2, 0.25) is 0 Å². The summed E-state index contributed by atoms with van der Waals surface area (Å²) in [6, 6.07) is 9.98. The number of aliphatic hydroxyl groups excluding tert-OH is 1. The highest BCUT2D eigenvalue weighted by Crippen LogP contribution is 2.20. The molecule has 100 valence electrons. The van der Waals surface area contributed by atoms with Gasteiger partial charge >= 0.3 is 0 Å². The first-order chi connectivity index (χ1) is 9.36. The van der Waals surface area contributed by atoms with Crippen molar-refractivity contribution in [1.29, 1.82) is 0 Å². The molecule has 1 fully saturated rings. The average molecular weight is 259 g/mol. The molecule has 1 aliphatic rings. The largest absolute Gasteiger partial charge is 0.395 e. The minimum atomic E-state index is 0.198. The Morgan fingerprint density at radius 3 is 2.95 bits per heavy atom. The summed E-state index contributed by atoms with van der Waals surface area (Å²) < 4.78 is 5.28. The van der Waals surface area contributed by atoms with E-state index in [0.717, 1.165) is 24.9 Å². The molecule has 1 aliphatic heterocycles. The van der Waals surface area contributed by atoms with Crippen LogP contribution in [0.2, 0.25) is 0 Å². The number of benzene rings is 1. The molecule has 1 atom stereocenters. The zero-order valence-electron chi connectivity index (χ0n) is 10.7. The van der Waals surface area contributed by atoms with Gasteiger partial charge in [0.1, 0.15) is 0 Å². The van der Waals surface area contributed by atoms with Gasteiger partial charge in [-0.25, -0.2) is 0 Å². The zero-order valence-corrected chi connectivity index (χ0v) is 10.7. The second kappa shape index (κ2) is 5.50. The van der Waals surface area contributed by atoms with E-state index in [0.29, 0.717) is 18.3 Å². The van der Waals surface area contributed by atoms with Crippen molar-refractivity contribution in [2.24, 2.45) is 0 Å². The first-order valence-electron chi connectivity index (χ1n) is 6.60. The highest BCUT2D eigenvalue weighted by molar-refractivity contribution is 5.51. The third kappa shape index (κ3) is 2.67. The van der Waals surface area contributed by atoms with Gasteiger partial charge in [0.05, 0.1) is 13.2 Å². The lowest BCUT2D eigenvalue weighted by molar-refractivity contribution is 0.150. The molecular weight excluding hydrogens is 242 g/mol. The molecule has 5 nitrogen and oxygen atoms in total. The van der Waals surface area contributed by atoms with E-state index in [1.54, 1.807) is 0 Å². The van der Waals surface area contributed by atoms with Crippen LogP contribution in [0.15, 0.2) is 34.9 Å². The molecule has 1 aromatic heterocycles. The molecule has 1 N–H and O–H groups in total. The lowest BCUT2D eigenvalue weighted by Crippen LogP contribution is -2.31. The Morgan fingerprint density at radius 2 is 2.16 bits per heavy atom. The van der Waals surface area contributed by atoms with Crippen LogP contribution < -0.4 is 0 Å². The fourth-order valence-electron chi connectivity index (χ4n) is 2.51. The summed E-state index contributed by atoms with van der Waals surface area (Å²) in [7, 11) is 0. The van der Waals surface area contributed by atoms with Crippen LogP contribution in [0.25, 0.3) is 11.5 Å². The Kier molecular flexibility index (Phi) is 3.57. The van der Waals surface area contributed by atoms with E-state index in [1.807, 2.05) is 30.3 Å². The quantitative estimate of drug-likeness (QED) is 0.905. The highest BCUT2D eigenvalue weighted by Gasteiger charge is 2.25. The smallest absolute Gasteiger partial charge is 0.257 e. The van der Waals surface area contributed by atoms with Crippen molar-refractivity contribution in [2.45, 2.75) is 25.4 Å². The van der Waals surface area contributed by atoms with Gasteiger partial charge in [-0.3, -0.25) is 4.90 Å². The zero-order chi connectivity index (χ0) is 13.1. The summed E-state index contributed by atoms with van der Waals surface area (Å²) in [5, 5.41) is 13.3. The molecule has 0 unspecified atom stereocenters. The van der Waals surface area contributed by atoms with E-state index in [4.69, 9.17) is 4.52 Å². The number of rotatable bonds is 4. The van der Waals surface area contributed by atoms with E-state index in [-0.39, 0.29) is 12.6 Å². The fourth-order valence-corrected chi connectivity index (χ4v) is 2.51. The normalized spacial score (nSPS) is 19.9. The molecule has 5 heteroatoms. The van der Waals surface area contributed by atoms with Gasteiger partial charge in [-0.15, -0.1) is 0 Å². The van der Waals surface area contributed by atoms with Gasteiger partial charge in [0.15, 0.2) is 5.82 Å². The van der Waals surface area contributed by atoms with Crippen LogP contribution in [0.4, 0.5) is 0 Å². The van der Waals surface area contributed by atoms with E-state index >= 15 is 0 Å². The van der Waals surface area contributed by atoms with Crippen LogP contribution in [-0.2, 0) is 6.54 Å². The molecule has 3 rings (SSSR count). The lowest BCUT2D eigenvalue weighted by Gasteiger charge is -2.20. The molecule has 2 aromatic rings. The van der Waals surface area contributed by atoms with Crippen LogP contribution >= 0.6 is 0 Å². The Bertz CT molecular complexity index is 526. The van der Waals surface area contributed by atoms with Crippen molar-refractivity contribution in [3.8, 4) is 11.5 Å². The van der Waals surface area contributed by atoms with E-state index in [9.17, 15) is 5.11 Å². The number of hydrogen-bond acceptors (Lipinski definition) is 5. The summed E-state index contributed by atoms with van der Waals surface area (Å²) in [5.41, 5.74) is 0.932. The van der Waals surface area contributed by atoms with Crippen LogP contribution in [0.5, 0.6) is 0 Å². The average Bonchev–Trinajstić information content (AvgIpc) is 3.09. The maximum atomic E-state index is 9.29. The van der Waals surface area contributed by atoms with Gasteiger partial charge in [0, 0.05) is 11.6 Å². The molecule has 1 aromatic carbocycles. The van der Waals surface area contributed by atoms with Gasteiger partial charge in [-0.2, -0.15) is 4.98 Å². The van der Waals surface area contributed by atoms with Gasteiger partial charge in [-0.05, 0) is 31.5 Å². The molecule has 0 saturated carbocycles. The van der Waals surface area contributed by atoms with Crippen molar-refractivity contribution in [2.75, 3.05) is 13.2 Å². The van der Waals surface area contributed by atoms with E-state index in [1.165, 1.54) is 0 Å². The van der Waals surface area contributed by atoms with Crippen LogP contribution in [0, 0.1) is 0 Å². The van der Waals surface area contributed by atoms with E-state index in [2.05, 4.69) is 15.0 Å². The van der Waals surface area contributed by atoms with Crippen molar-refractivity contribution >= 4 is 0 Å². The highest BCUT2D eigenvalue weighted by atomic mass is 16.5. The second-order valence-corrected chi connectivity index (χ2v) is 4.83. The Balaban J connectivity index is 1.72. The Hall–Kier alpha value is -1.72. The van der Waals surface area contributed by atoms with Crippen LogP contribution in [0.3, 0.4) is 0 Å². The molecule has 0 bridgehead atoms. The van der Waals surface area contributed by atoms with Gasteiger partial charge in [0.25, 0.3) is 5.89 Å². The Labute approximate surface area is 111 Å².